The highest BCUT2D eigenvalue weighted by atomic mass is 19.1. The van der Waals surface area contributed by atoms with Gasteiger partial charge in [-0.05, 0) is 30.3 Å². The topological polar surface area (TPSA) is 57.9 Å². The van der Waals surface area contributed by atoms with E-state index in [0.717, 1.165) is 0 Å². The van der Waals surface area contributed by atoms with E-state index in [9.17, 15) is 9.18 Å². The van der Waals surface area contributed by atoms with Crippen LogP contribution in [-0.2, 0) is 6.61 Å². The van der Waals surface area contributed by atoms with E-state index in [4.69, 9.17) is 18.6 Å². The van der Waals surface area contributed by atoms with Gasteiger partial charge in [0.15, 0.2) is 0 Å². The van der Waals surface area contributed by atoms with E-state index < -0.39 is 0 Å². The van der Waals surface area contributed by atoms with Gasteiger partial charge in [0.05, 0.1) is 12.5 Å². The summed E-state index contributed by atoms with van der Waals surface area (Å²) in [7, 11) is 1.55. The lowest BCUT2D eigenvalue weighted by Gasteiger charge is -2.09. The highest BCUT2D eigenvalue weighted by Crippen LogP contribution is 2.26. The van der Waals surface area contributed by atoms with Crippen molar-refractivity contribution in [2.24, 2.45) is 0 Å². The van der Waals surface area contributed by atoms with E-state index in [2.05, 4.69) is 0 Å². The number of hydrogen-bond donors (Lipinski definition) is 0. The molecule has 146 valence electrons. The van der Waals surface area contributed by atoms with E-state index in [1.807, 2.05) is 0 Å². The fraction of sp³-hybridized carbons (Fsp3) is 0.0870. The van der Waals surface area contributed by atoms with Crippen LogP contribution >= 0.6 is 0 Å². The molecule has 0 saturated heterocycles. The number of ether oxygens (including phenoxy) is 3. The molecular weight excluding hydrogens is 375 g/mol. The average molecular weight is 392 g/mol. The lowest BCUT2D eigenvalue weighted by Crippen LogP contribution is -2.05. The van der Waals surface area contributed by atoms with Crippen molar-refractivity contribution in [3.8, 4) is 23.0 Å². The van der Waals surface area contributed by atoms with E-state index in [1.165, 1.54) is 12.3 Å². The molecule has 0 atom stereocenters. The van der Waals surface area contributed by atoms with Crippen molar-refractivity contribution in [2.45, 2.75) is 6.61 Å². The highest BCUT2D eigenvalue weighted by Gasteiger charge is 2.11. The maximum absolute atomic E-state index is 13.7. The molecule has 6 heteroatoms. The van der Waals surface area contributed by atoms with Gasteiger partial charge < -0.3 is 18.6 Å². The van der Waals surface area contributed by atoms with Crippen molar-refractivity contribution >= 4 is 11.0 Å². The van der Waals surface area contributed by atoms with Crippen LogP contribution in [0.2, 0.25) is 0 Å². The van der Waals surface area contributed by atoms with Crippen molar-refractivity contribution in [1.82, 2.24) is 0 Å². The molecule has 0 spiro atoms. The summed E-state index contributed by atoms with van der Waals surface area (Å²) in [6.07, 6.45) is 1.25. The van der Waals surface area contributed by atoms with E-state index in [-0.39, 0.29) is 23.6 Å². The summed E-state index contributed by atoms with van der Waals surface area (Å²) in [5.74, 6) is 1.26. The largest absolute Gasteiger partial charge is 0.497 e. The maximum atomic E-state index is 13.7. The van der Waals surface area contributed by atoms with Crippen LogP contribution in [0.25, 0.3) is 11.0 Å². The van der Waals surface area contributed by atoms with E-state index in [0.29, 0.717) is 33.8 Å². The Labute approximate surface area is 165 Å². The minimum atomic E-state index is -0.334. The van der Waals surface area contributed by atoms with E-state index in [1.54, 1.807) is 67.8 Å². The SMILES string of the molecule is COc1cccc(Oc2coc3cc(OCc4ccccc4F)ccc3c2=O)c1. The van der Waals surface area contributed by atoms with Crippen LogP contribution in [0.5, 0.6) is 23.0 Å². The Hall–Kier alpha value is -3.80. The van der Waals surface area contributed by atoms with Crippen LogP contribution in [0.4, 0.5) is 4.39 Å². The smallest absolute Gasteiger partial charge is 0.235 e. The second kappa shape index (κ2) is 8.06. The highest BCUT2D eigenvalue weighted by molar-refractivity contribution is 5.79. The fourth-order valence-electron chi connectivity index (χ4n) is 2.82. The van der Waals surface area contributed by atoms with Gasteiger partial charge in [0, 0.05) is 17.7 Å². The summed E-state index contributed by atoms with van der Waals surface area (Å²) in [4.78, 5) is 12.7. The van der Waals surface area contributed by atoms with Gasteiger partial charge in [-0.15, -0.1) is 0 Å². The predicted molar refractivity (Wildman–Crippen MR) is 106 cm³/mol. The molecule has 0 bridgehead atoms. The zero-order valence-electron chi connectivity index (χ0n) is 15.6. The molecule has 0 amide bonds. The first kappa shape index (κ1) is 18.6. The Bertz CT molecular complexity index is 1220. The van der Waals surface area contributed by atoms with Gasteiger partial charge in [-0.3, -0.25) is 4.79 Å². The molecule has 29 heavy (non-hydrogen) atoms. The van der Waals surface area contributed by atoms with Gasteiger partial charge in [-0.2, -0.15) is 0 Å². The predicted octanol–water partition coefficient (Wildman–Crippen LogP) is 5.31. The van der Waals surface area contributed by atoms with Crippen molar-refractivity contribution in [3.05, 3.63) is 94.6 Å². The molecule has 0 fully saturated rings. The number of benzene rings is 3. The molecule has 0 radical (unpaired) electrons. The number of rotatable bonds is 6. The molecular formula is C23H17FO5. The standard InChI is InChI=1S/C23H17FO5/c1-26-16-6-4-7-18(11-16)29-22-14-28-21-12-17(9-10-19(21)23(22)25)27-13-15-5-2-3-8-20(15)24/h2-12,14H,13H2,1H3. The van der Waals surface area contributed by atoms with Crippen molar-refractivity contribution in [3.63, 3.8) is 0 Å². The summed E-state index contributed by atoms with van der Waals surface area (Å²) in [5.41, 5.74) is 0.477. The van der Waals surface area contributed by atoms with Crippen LogP contribution in [-0.4, -0.2) is 7.11 Å². The van der Waals surface area contributed by atoms with Crippen molar-refractivity contribution in [2.75, 3.05) is 7.11 Å². The Kier molecular flexibility index (Phi) is 5.16. The fourth-order valence-corrected chi connectivity index (χ4v) is 2.82. The van der Waals surface area contributed by atoms with Gasteiger partial charge in [-0.25, -0.2) is 4.39 Å². The molecule has 4 aromatic rings. The molecule has 0 N–H and O–H groups in total. The first-order valence-electron chi connectivity index (χ1n) is 8.88. The lowest BCUT2D eigenvalue weighted by molar-refractivity contribution is 0.300. The number of hydrogen-bond acceptors (Lipinski definition) is 5. The third kappa shape index (κ3) is 4.06. The third-order valence-corrected chi connectivity index (χ3v) is 4.34. The Balaban J connectivity index is 1.56. The summed E-state index contributed by atoms with van der Waals surface area (Å²) < 4.78 is 35.7. The average Bonchev–Trinajstić information content (AvgIpc) is 2.75. The summed E-state index contributed by atoms with van der Waals surface area (Å²) in [5, 5.41) is 0.351. The van der Waals surface area contributed by atoms with Crippen molar-refractivity contribution in [1.29, 1.82) is 0 Å². The van der Waals surface area contributed by atoms with Crippen LogP contribution < -0.4 is 19.6 Å². The minimum Gasteiger partial charge on any atom is -0.497 e. The summed E-state index contributed by atoms with van der Waals surface area (Å²) in [6.45, 7) is 0.0689. The Morgan fingerprint density at radius 3 is 2.59 bits per heavy atom. The molecule has 0 saturated carbocycles. The molecule has 0 unspecified atom stereocenters. The molecule has 1 heterocycles. The van der Waals surface area contributed by atoms with E-state index >= 15 is 0 Å². The van der Waals surface area contributed by atoms with Gasteiger partial charge >= 0.3 is 0 Å². The first-order chi connectivity index (χ1) is 14.1. The van der Waals surface area contributed by atoms with Crippen molar-refractivity contribution < 1.29 is 23.0 Å². The second-order valence-corrected chi connectivity index (χ2v) is 6.25. The molecule has 0 aliphatic heterocycles. The number of fused-ring (bicyclic) bond motifs is 1. The molecule has 3 aromatic carbocycles. The number of methoxy groups -OCH3 is 1. The summed E-state index contributed by atoms with van der Waals surface area (Å²) in [6, 6.07) is 18.1. The quantitative estimate of drug-likeness (QED) is 0.445. The third-order valence-electron chi connectivity index (χ3n) is 4.34. The second-order valence-electron chi connectivity index (χ2n) is 6.25. The van der Waals surface area contributed by atoms with Gasteiger partial charge in [-0.1, -0.05) is 24.3 Å². The Morgan fingerprint density at radius 1 is 0.931 bits per heavy atom. The zero-order valence-corrected chi connectivity index (χ0v) is 15.6. The molecule has 0 aliphatic carbocycles. The lowest BCUT2D eigenvalue weighted by atomic mass is 10.2. The monoisotopic (exact) mass is 392 g/mol. The molecule has 0 aliphatic rings. The van der Waals surface area contributed by atoms with Gasteiger partial charge in [0.1, 0.15) is 41.5 Å². The molecule has 5 nitrogen and oxygen atoms in total. The summed E-state index contributed by atoms with van der Waals surface area (Å²) >= 11 is 0. The van der Waals surface area contributed by atoms with Crippen LogP contribution in [0, 0.1) is 5.82 Å². The normalized spacial score (nSPS) is 10.7. The molecule has 4 rings (SSSR count). The van der Waals surface area contributed by atoms with Crippen LogP contribution in [0.3, 0.4) is 0 Å². The van der Waals surface area contributed by atoms with Crippen LogP contribution in [0.15, 0.2) is 82.2 Å². The number of halogens is 1. The maximum Gasteiger partial charge on any atom is 0.235 e. The first-order valence-corrected chi connectivity index (χ1v) is 8.88. The van der Waals surface area contributed by atoms with Crippen LogP contribution in [0.1, 0.15) is 5.56 Å². The minimum absolute atomic E-state index is 0.0609. The zero-order chi connectivity index (χ0) is 20.2. The van der Waals surface area contributed by atoms with Gasteiger partial charge in [0.2, 0.25) is 11.2 Å². The Morgan fingerprint density at radius 2 is 1.76 bits per heavy atom. The van der Waals surface area contributed by atoms with Gasteiger partial charge in [0.25, 0.3) is 0 Å². The molecule has 1 aromatic heterocycles.